The van der Waals surface area contributed by atoms with Crippen LogP contribution < -0.4 is 11.1 Å². The fourth-order valence-electron chi connectivity index (χ4n) is 1.24. The molecule has 0 radical (unpaired) electrons. The SMILES string of the molecule is NCCCCC(=O)Nc1cc(Br)ccc1Br. The lowest BCUT2D eigenvalue weighted by Gasteiger charge is -2.07. The monoisotopic (exact) mass is 348 g/mol. The van der Waals surface area contributed by atoms with Crippen molar-refractivity contribution >= 4 is 43.5 Å². The van der Waals surface area contributed by atoms with Gasteiger partial charge in [-0.2, -0.15) is 0 Å². The van der Waals surface area contributed by atoms with Gasteiger partial charge >= 0.3 is 0 Å². The zero-order chi connectivity index (χ0) is 12.0. The van der Waals surface area contributed by atoms with Crippen molar-refractivity contribution in [2.45, 2.75) is 19.3 Å². The maximum atomic E-state index is 11.6. The molecule has 1 amide bonds. The Morgan fingerprint density at radius 3 is 2.75 bits per heavy atom. The molecule has 0 saturated heterocycles. The molecule has 16 heavy (non-hydrogen) atoms. The standard InChI is InChI=1S/C11H14Br2N2O/c12-8-4-5-9(13)10(7-8)15-11(16)3-1-2-6-14/h4-5,7H,1-3,6,14H2,(H,15,16). The average molecular weight is 350 g/mol. The van der Waals surface area contributed by atoms with Gasteiger partial charge in [0.25, 0.3) is 0 Å². The second kappa shape index (κ2) is 7.04. The van der Waals surface area contributed by atoms with Crippen LogP contribution in [0.1, 0.15) is 19.3 Å². The number of hydrogen-bond donors (Lipinski definition) is 2. The van der Waals surface area contributed by atoms with Crippen LogP contribution in [-0.4, -0.2) is 12.5 Å². The number of nitrogens with one attached hydrogen (secondary N) is 1. The summed E-state index contributed by atoms with van der Waals surface area (Å²) in [4.78, 5) is 11.6. The van der Waals surface area contributed by atoms with Gasteiger partial charge in [-0.25, -0.2) is 0 Å². The fraction of sp³-hybridized carbons (Fsp3) is 0.364. The minimum absolute atomic E-state index is 0.0206. The summed E-state index contributed by atoms with van der Waals surface area (Å²) in [7, 11) is 0. The van der Waals surface area contributed by atoms with Crippen molar-refractivity contribution in [2.24, 2.45) is 5.73 Å². The van der Waals surface area contributed by atoms with E-state index in [1.54, 1.807) is 0 Å². The molecule has 0 aliphatic carbocycles. The summed E-state index contributed by atoms with van der Waals surface area (Å²) in [5.41, 5.74) is 6.15. The minimum Gasteiger partial charge on any atom is -0.330 e. The molecule has 3 nitrogen and oxygen atoms in total. The first-order valence-corrected chi connectivity index (χ1v) is 6.67. The third-order valence-corrected chi connectivity index (χ3v) is 3.25. The third-order valence-electron chi connectivity index (χ3n) is 2.06. The Kier molecular flexibility index (Phi) is 6.01. The first kappa shape index (κ1) is 13.7. The molecular formula is C11H14Br2N2O. The number of amides is 1. The number of halogens is 2. The van der Waals surface area contributed by atoms with Crippen molar-refractivity contribution < 1.29 is 4.79 Å². The van der Waals surface area contributed by atoms with E-state index in [1.165, 1.54) is 0 Å². The Morgan fingerprint density at radius 1 is 1.31 bits per heavy atom. The van der Waals surface area contributed by atoms with Crippen molar-refractivity contribution in [1.29, 1.82) is 0 Å². The number of carbonyl (C=O) groups excluding carboxylic acids is 1. The van der Waals surface area contributed by atoms with Gasteiger partial charge in [0.15, 0.2) is 0 Å². The number of unbranched alkanes of at least 4 members (excludes halogenated alkanes) is 1. The van der Waals surface area contributed by atoms with Crippen LogP contribution in [0.4, 0.5) is 5.69 Å². The number of hydrogen-bond acceptors (Lipinski definition) is 2. The molecule has 0 saturated carbocycles. The van der Waals surface area contributed by atoms with E-state index in [0.29, 0.717) is 13.0 Å². The summed E-state index contributed by atoms with van der Waals surface area (Å²) >= 11 is 6.75. The van der Waals surface area contributed by atoms with Crippen molar-refractivity contribution in [3.8, 4) is 0 Å². The molecular weight excluding hydrogens is 336 g/mol. The van der Waals surface area contributed by atoms with E-state index < -0.39 is 0 Å². The lowest BCUT2D eigenvalue weighted by atomic mass is 10.2. The Morgan fingerprint density at radius 2 is 2.06 bits per heavy atom. The predicted molar refractivity (Wildman–Crippen MR) is 73.4 cm³/mol. The molecule has 0 aliphatic heterocycles. The van der Waals surface area contributed by atoms with Crippen LogP contribution in [0.5, 0.6) is 0 Å². The second-order valence-corrected chi connectivity index (χ2v) is 5.19. The quantitative estimate of drug-likeness (QED) is 0.801. The van der Waals surface area contributed by atoms with Crippen LogP contribution in [0.15, 0.2) is 27.1 Å². The number of carbonyl (C=O) groups is 1. The van der Waals surface area contributed by atoms with Crippen LogP contribution in [0, 0.1) is 0 Å². The number of benzene rings is 1. The summed E-state index contributed by atoms with van der Waals surface area (Å²) in [5.74, 6) is 0.0206. The Labute approximate surface area is 112 Å². The van der Waals surface area contributed by atoms with Gasteiger partial charge in [0.05, 0.1) is 5.69 Å². The molecule has 0 aromatic heterocycles. The molecule has 88 valence electrons. The maximum Gasteiger partial charge on any atom is 0.224 e. The highest BCUT2D eigenvalue weighted by Gasteiger charge is 2.05. The molecule has 0 heterocycles. The lowest BCUT2D eigenvalue weighted by molar-refractivity contribution is -0.116. The number of rotatable bonds is 5. The molecule has 0 aliphatic rings. The van der Waals surface area contributed by atoms with Crippen LogP contribution in [0.3, 0.4) is 0 Å². The first-order valence-electron chi connectivity index (χ1n) is 5.08. The predicted octanol–water partition coefficient (Wildman–Crippen LogP) is 3.28. The number of nitrogens with two attached hydrogens (primary N) is 1. The highest BCUT2D eigenvalue weighted by molar-refractivity contribution is 9.11. The van der Waals surface area contributed by atoms with E-state index in [9.17, 15) is 4.79 Å². The molecule has 0 bridgehead atoms. The van der Waals surface area contributed by atoms with Gasteiger partial charge in [-0.05, 0) is 53.5 Å². The van der Waals surface area contributed by atoms with Crippen molar-refractivity contribution in [3.05, 3.63) is 27.1 Å². The van der Waals surface area contributed by atoms with Gasteiger partial charge < -0.3 is 11.1 Å². The zero-order valence-corrected chi connectivity index (χ0v) is 12.0. The first-order chi connectivity index (χ1) is 7.63. The van der Waals surface area contributed by atoms with E-state index in [2.05, 4.69) is 37.2 Å². The summed E-state index contributed by atoms with van der Waals surface area (Å²) in [5, 5.41) is 2.85. The van der Waals surface area contributed by atoms with Gasteiger partial charge in [-0.15, -0.1) is 0 Å². The summed E-state index contributed by atoms with van der Waals surface area (Å²) in [6.45, 7) is 0.633. The van der Waals surface area contributed by atoms with E-state index >= 15 is 0 Å². The van der Waals surface area contributed by atoms with E-state index in [-0.39, 0.29) is 5.91 Å². The second-order valence-electron chi connectivity index (χ2n) is 3.42. The molecule has 0 atom stereocenters. The Bertz CT molecular complexity index is 369. The fourth-order valence-corrected chi connectivity index (χ4v) is 1.94. The van der Waals surface area contributed by atoms with Gasteiger partial charge in [0, 0.05) is 15.4 Å². The van der Waals surface area contributed by atoms with Crippen molar-refractivity contribution in [3.63, 3.8) is 0 Å². The molecule has 0 fully saturated rings. The molecule has 5 heteroatoms. The molecule has 0 unspecified atom stereocenters. The Balaban J connectivity index is 2.52. The molecule has 1 aromatic carbocycles. The van der Waals surface area contributed by atoms with Crippen molar-refractivity contribution in [1.82, 2.24) is 0 Å². The van der Waals surface area contributed by atoms with E-state index in [1.807, 2.05) is 18.2 Å². The topological polar surface area (TPSA) is 55.1 Å². The highest BCUT2D eigenvalue weighted by atomic mass is 79.9. The van der Waals surface area contributed by atoms with E-state index in [0.717, 1.165) is 27.5 Å². The largest absolute Gasteiger partial charge is 0.330 e. The van der Waals surface area contributed by atoms with Gasteiger partial charge in [-0.1, -0.05) is 15.9 Å². The third kappa shape index (κ3) is 4.63. The highest BCUT2D eigenvalue weighted by Crippen LogP contribution is 2.26. The van der Waals surface area contributed by atoms with Crippen LogP contribution in [-0.2, 0) is 4.79 Å². The summed E-state index contributed by atoms with van der Waals surface area (Å²) in [6.07, 6.45) is 2.22. The van der Waals surface area contributed by atoms with Gasteiger partial charge in [0.2, 0.25) is 5.91 Å². The Hall–Kier alpha value is -0.390. The smallest absolute Gasteiger partial charge is 0.224 e. The minimum atomic E-state index is 0.0206. The molecule has 3 N–H and O–H groups in total. The summed E-state index contributed by atoms with van der Waals surface area (Å²) in [6, 6.07) is 5.67. The number of anilines is 1. The average Bonchev–Trinajstić information content (AvgIpc) is 2.24. The van der Waals surface area contributed by atoms with Crippen LogP contribution in [0.2, 0.25) is 0 Å². The van der Waals surface area contributed by atoms with Crippen LogP contribution in [0.25, 0.3) is 0 Å². The molecule has 0 spiro atoms. The van der Waals surface area contributed by atoms with E-state index in [4.69, 9.17) is 5.73 Å². The van der Waals surface area contributed by atoms with Gasteiger partial charge in [-0.3, -0.25) is 4.79 Å². The normalized spacial score (nSPS) is 10.2. The van der Waals surface area contributed by atoms with Gasteiger partial charge in [0.1, 0.15) is 0 Å². The maximum absolute atomic E-state index is 11.6. The van der Waals surface area contributed by atoms with Crippen LogP contribution >= 0.6 is 31.9 Å². The molecule has 1 aromatic rings. The molecule has 1 rings (SSSR count). The zero-order valence-electron chi connectivity index (χ0n) is 8.80. The lowest BCUT2D eigenvalue weighted by Crippen LogP contribution is -2.12. The van der Waals surface area contributed by atoms with Crippen molar-refractivity contribution in [2.75, 3.05) is 11.9 Å². The summed E-state index contributed by atoms with van der Waals surface area (Å²) < 4.78 is 1.82.